The molecule has 2 rings (SSSR count). The van der Waals surface area contributed by atoms with Crippen LogP contribution in [0.1, 0.15) is 43.0 Å². The fourth-order valence-corrected chi connectivity index (χ4v) is 2.80. The van der Waals surface area contributed by atoms with Crippen molar-refractivity contribution in [2.45, 2.75) is 32.6 Å². The van der Waals surface area contributed by atoms with Gasteiger partial charge in [0.2, 0.25) is 5.91 Å². The lowest BCUT2D eigenvalue weighted by molar-refractivity contribution is -0.117. The second-order valence-electron chi connectivity index (χ2n) is 5.54. The predicted molar refractivity (Wildman–Crippen MR) is 92.9 cm³/mol. The lowest BCUT2D eigenvalue weighted by Gasteiger charge is -2.12. The van der Waals surface area contributed by atoms with Crippen LogP contribution in [0.15, 0.2) is 30.5 Å². The SMILES string of the molecule is CC(C)c1cnc(NC(=O)[C@H](C)c2ccc(NC(N)=O)cc2)s1. The van der Waals surface area contributed by atoms with Gasteiger partial charge in [0.1, 0.15) is 0 Å². The molecule has 0 unspecified atom stereocenters. The summed E-state index contributed by atoms with van der Waals surface area (Å²) in [6.45, 7) is 6.00. The molecule has 1 atom stereocenters. The van der Waals surface area contributed by atoms with Crippen LogP contribution >= 0.6 is 11.3 Å². The molecule has 0 fully saturated rings. The minimum atomic E-state index is -0.617. The lowest BCUT2D eigenvalue weighted by Crippen LogP contribution is -2.20. The van der Waals surface area contributed by atoms with Gasteiger partial charge in [0, 0.05) is 16.8 Å². The Morgan fingerprint density at radius 2 is 1.78 bits per heavy atom. The number of urea groups is 1. The number of rotatable bonds is 5. The van der Waals surface area contributed by atoms with E-state index in [2.05, 4.69) is 29.5 Å². The molecule has 23 heavy (non-hydrogen) atoms. The molecule has 0 aliphatic rings. The number of benzene rings is 1. The normalized spacial score (nSPS) is 12.0. The predicted octanol–water partition coefficient (Wildman–Crippen LogP) is 3.50. The van der Waals surface area contributed by atoms with Gasteiger partial charge in [-0.05, 0) is 30.5 Å². The Morgan fingerprint density at radius 1 is 1.13 bits per heavy atom. The van der Waals surface area contributed by atoms with Gasteiger partial charge >= 0.3 is 6.03 Å². The first-order chi connectivity index (χ1) is 10.9. The topological polar surface area (TPSA) is 97.1 Å². The Labute approximate surface area is 139 Å². The van der Waals surface area contributed by atoms with E-state index in [0.29, 0.717) is 16.7 Å². The number of nitrogens with zero attached hydrogens (tertiary/aromatic N) is 1. The molecule has 1 aromatic heterocycles. The monoisotopic (exact) mass is 332 g/mol. The molecule has 3 amide bonds. The van der Waals surface area contributed by atoms with E-state index in [4.69, 9.17) is 5.73 Å². The summed E-state index contributed by atoms with van der Waals surface area (Å²) in [6.07, 6.45) is 1.79. The lowest BCUT2D eigenvalue weighted by atomic mass is 10.0. The molecule has 0 aliphatic heterocycles. The van der Waals surface area contributed by atoms with Gasteiger partial charge in [0.25, 0.3) is 0 Å². The zero-order valence-electron chi connectivity index (χ0n) is 13.3. The number of nitrogens with two attached hydrogens (primary N) is 1. The maximum atomic E-state index is 12.3. The number of aromatic nitrogens is 1. The summed E-state index contributed by atoms with van der Waals surface area (Å²) in [4.78, 5) is 28.5. The molecule has 2 aromatic rings. The van der Waals surface area contributed by atoms with Gasteiger partial charge in [-0.1, -0.05) is 26.0 Å². The van der Waals surface area contributed by atoms with Crippen LogP contribution in [0.2, 0.25) is 0 Å². The van der Waals surface area contributed by atoms with Crippen LogP contribution in [0, 0.1) is 0 Å². The fourth-order valence-electron chi connectivity index (χ4n) is 1.97. The number of amides is 3. The van der Waals surface area contributed by atoms with Crippen molar-refractivity contribution in [2.24, 2.45) is 5.73 Å². The van der Waals surface area contributed by atoms with E-state index >= 15 is 0 Å². The first-order valence-corrected chi connectivity index (χ1v) is 8.11. The minimum Gasteiger partial charge on any atom is -0.351 e. The third-order valence-electron chi connectivity index (χ3n) is 3.39. The second kappa shape index (κ2) is 7.23. The Morgan fingerprint density at radius 3 is 2.30 bits per heavy atom. The van der Waals surface area contributed by atoms with Gasteiger partial charge in [-0.15, -0.1) is 11.3 Å². The van der Waals surface area contributed by atoms with Crippen molar-refractivity contribution in [1.29, 1.82) is 0 Å². The zero-order valence-corrected chi connectivity index (χ0v) is 14.1. The van der Waals surface area contributed by atoms with Gasteiger partial charge in [-0.3, -0.25) is 4.79 Å². The fraction of sp³-hybridized carbons (Fsp3) is 0.312. The van der Waals surface area contributed by atoms with Crippen molar-refractivity contribution >= 4 is 34.1 Å². The minimum absolute atomic E-state index is 0.120. The highest BCUT2D eigenvalue weighted by Crippen LogP contribution is 2.26. The highest BCUT2D eigenvalue weighted by molar-refractivity contribution is 7.15. The van der Waals surface area contributed by atoms with Gasteiger partial charge in [-0.2, -0.15) is 0 Å². The van der Waals surface area contributed by atoms with Crippen molar-refractivity contribution in [3.8, 4) is 0 Å². The van der Waals surface area contributed by atoms with E-state index in [1.165, 1.54) is 11.3 Å². The number of anilines is 2. The van der Waals surface area contributed by atoms with E-state index in [1.54, 1.807) is 30.5 Å². The number of nitrogens with one attached hydrogen (secondary N) is 2. The van der Waals surface area contributed by atoms with E-state index < -0.39 is 6.03 Å². The number of thiazole rings is 1. The first kappa shape index (κ1) is 17.0. The van der Waals surface area contributed by atoms with Crippen LogP contribution < -0.4 is 16.4 Å². The largest absolute Gasteiger partial charge is 0.351 e. The molecule has 0 bridgehead atoms. The summed E-state index contributed by atoms with van der Waals surface area (Å²) in [6, 6.07) is 6.38. The number of hydrogen-bond acceptors (Lipinski definition) is 4. The van der Waals surface area contributed by atoms with Crippen molar-refractivity contribution in [2.75, 3.05) is 10.6 Å². The van der Waals surface area contributed by atoms with Crippen LogP contribution in [-0.2, 0) is 4.79 Å². The number of primary amides is 1. The van der Waals surface area contributed by atoms with E-state index in [9.17, 15) is 9.59 Å². The molecule has 0 saturated heterocycles. The molecule has 0 saturated carbocycles. The number of hydrogen-bond donors (Lipinski definition) is 3. The molecule has 4 N–H and O–H groups in total. The van der Waals surface area contributed by atoms with Crippen LogP contribution in [0.5, 0.6) is 0 Å². The zero-order chi connectivity index (χ0) is 17.0. The molecular weight excluding hydrogens is 312 g/mol. The summed E-state index contributed by atoms with van der Waals surface area (Å²) in [5, 5.41) is 5.93. The first-order valence-electron chi connectivity index (χ1n) is 7.30. The number of carbonyl (C=O) groups is 2. The average molecular weight is 332 g/mol. The Hall–Kier alpha value is -2.41. The quantitative estimate of drug-likeness (QED) is 0.781. The van der Waals surface area contributed by atoms with Crippen molar-refractivity contribution in [3.05, 3.63) is 40.9 Å². The molecule has 0 radical (unpaired) electrons. The van der Waals surface area contributed by atoms with Crippen LogP contribution in [0.3, 0.4) is 0 Å². The van der Waals surface area contributed by atoms with Crippen LogP contribution in [-0.4, -0.2) is 16.9 Å². The maximum absolute atomic E-state index is 12.3. The average Bonchev–Trinajstić information content (AvgIpc) is 2.95. The highest BCUT2D eigenvalue weighted by atomic mass is 32.1. The maximum Gasteiger partial charge on any atom is 0.316 e. The summed E-state index contributed by atoms with van der Waals surface area (Å²) in [7, 11) is 0. The van der Waals surface area contributed by atoms with Crippen molar-refractivity contribution in [3.63, 3.8) is 0 Å². The highest BCUT2D eigenvalue weighted by Gasteiger charge is 2.17. The Balaban J connectivity index is 2.02. The van der Waals surface area contributed by atoms with Crippen molar-refractivity contribution in [1.82, 2.24) is 4.98 Å². The molecule has 1 heterocycles. The standard InChI is InChI=1S/C16H20N4O2S/c1-9(2)13-8-18-16(23-13)20-14(21)10(3)11-4-6-12(7-5-11)19-15(17)22/h4-10H,1-3H3,(H3,17,19,22)(H,18,20,21)/t10-/m1/s1. The van der Waals surface area contributed by atoms with Crippen LogP contribution in [0.4, 0.5) is 15.6 Å². The second-order valence-corrected chi connectivity index (χ2v) is 6.61. The van der Waals surface area contributed by atoms with Crippen molar-refractivity contribution < 1.29 is 9.59 Å². The summed E-state index contributed by atoms with van der Waals surface area (Å²) in [5.41, 5.74) is 6.50. The third-order valence-corrected chi connectivity index (χ3v) is 4.61. The summed E-state index contributed by atoms with van der Waals surface area (Å²) in [5.74, 6) is -0.0600. The Bertz CT molecular complexity index is 694. The molecule has 1 aromatic carbocycles. The van der Waals surface area contributed by atoms with Gasteiger partial charge in [0.15, 0.2) is 5.13 Å². The van der Waals surface area contributed by atoms with Gasteiger partial charge < -0.3 is 16.4 Å². The van der Waals surface area contributed by atoms with E-state index in [1.807, 2.05) is 6.92 Å². The molecule has 0 spiro atoms. The van der Waals surface area contributed by atoms with Crippen LogP contribution in [0.25, 0.3) is 0 Å². The number of carbonyl (C=O) groups excluding carboxylic acids is 2. The molecule has 0 aliphatic carbocycles. The smallest absolute Gasteiger partial charge is 0.316 e. The summed E-state index contributed by atoms with van der Waals surface area (Å²) < 4.78 is 0. The Kier molecular flexibility index (Phi) is 5.33. The third kappa shape index (κ3) is 4.53. The molecular formula is C16H20N4O2S. The van der Waals surface area contributed by atoms with Gasteiger partial charge in [-0.25, -0.2) is 9.78 Å². The van der Waals surface area contributed by atoms with E-state index in [0.717, 1.165) is 10.4 Å². The molecule has 6 nitrogen and oxygen atoms in total. The van der Waals surface area contributed by atoms with E-state index in [-0.39, 0.29) is 11.8 Å². The molecule has 122 valence electrons. The summed E-state index contributed by atoms with van der Waals surface area (Å²) >= 11 is 1.49. The van der Waals surface area contributed by atoms with Gasteiger partial charge in [0.05, 0.1) is 5.92 Å². The molecule has 7 heteroatoms.